The summed E-state index contributed by atoms with van der Waals surface area (Å²) >= 11 is 6.25. The van der Waals surface area contributed by atoms with Gasteiger partial charge in [0.15, 0.2) is 11.5 Å². The van der Waals surface area contributed by atoms with Gasteiger partial charge in [0.05, 0.1) is 25.3 Å². The van der Waals surface area contributed by atoms with Gasteiger partial charge in [0.1, 0.15) is 0 Å². The third-order valence-electron chi connectivity index (χ3n) is 3.37. The van der Waals surface area contributed by atoms with Gasteiger partial charge in [-0.1, -0.05) is 41.4 Å². The van der Waals surface area contributed by atoms with Crippen molar-refractivity contribution in [3.8, 4) is 11.5 Å². The molecule has 4 nitrogen and oxygen atoms in total. The highest BCUT2D eigenvalue weighted by molar-refractivity contribution is 6.32. The summed E-state index contributed by atoms with van der Waals surface area (Å²) in [6.07, 6.45) is 0. The van der Waals surface area contributed by atoms with Crippen LogP contribution in [0.2, 0.25) is 5.02 Å². The lowest BCUT2D eigenvalue weighted by Crippen LogP contribution is -2.28. The number of hydrogen-bond acceptors (Lipinski definition) is 4. The number of methoxy groups -OCH3 is 2. The Morgan fingerprint density at radius 3 is 2.24 bits per heavy atom. The summed E-state index contributed by atoms with van der Waals surface area (Å²) in [6.45, 7) is 2.04. The highest BCUT2D eigenvalue weighted by Crippen LogP contribution is 2.38. The van der Waals surface area contributed by atoms with E-state index in [1.807, 2.05) is 43.3 Å². The topological polar surface area (TPSA) is 56.5 Å². The first-order valence-electron chi connectivity index (χ1n) is 6.54. The van der Waals surface area contributed by atoms with Gasteiger partial charge < -0.3 is 9.47 Å². The fourth-order valence-electron chi connectivity index (χ4n) is 2.25. The van der Waals surface area contributed by atoms with E-state index in [4.69, 9.17) is 26.9 Å². The molecule has 0 bridgehead atoms. The Hall–Kier alpha value is -1.75. The normalized spacial score (nSPS) is 12.0. The number of benzene rings is 2. The van der Waals surface area contributed by atoms with Crippen LogP contribution in [0.15, 0.2) is 36.4 Å². The molecule has 0 fully saturated rings. The number of hydrogen-bond donors (Lipinski definition) is 2. The number of halogens is 1. The van der Waals surface area contributed by atoms with Crippen molar-refractivity contribution in [1.82, 2.24) is 5.43 Å². The molecule has 0 radical (unpaired) electrons. The summed E-state index contributed by atoms with van der Waals surface area (Å²) < 4.78 is 10.6. The van der Waals surface area contributed by atoms with E-state index in [0.717, 1.165) is 11.1 Å². The van der Waals surface area contributed by atoms with E-state index in [2.05, 4.69) is 5.43 Å². The molecule has 2 rings (SSSR count). The lowest BCUT2D eigenvalue weighted by molar-refractivity contribution is 0.354. The maximum atomic E-state index is 6.25. The molecule has 0 spiro atoms. The van der Waals surface area contributed by atoms with E-state index >= 15 is 0 Å². The quantitative estimate of drug-likeness (QED) is 0.658. The molecule has 2 aromatic rings. The lowest BCUT2D eigenvalue weighted by Gasteiger charge is -2.19. The Morgan fingerprint density at radius 1 is 1.05 bits per heavy atom. The Labute approximate surface area is 129 Å². The van der Waals surface area contributed by atoms with Gasteiger partial charge in [0.25, 0.3) is 0 Å². The fourth-order valence-corrected chi connectivity index (χ4v) is 2.54. The zero-order chi connectivity index (χ0) is 15.4. The van der Waals surface area contributed by atoms with E-state index in [-0.39, 0.29) is 6.04 Å². The molecule has 0 saturated heterocycles. The Balaban J connectivity index is 2.47. The van der Waals surface area contributed by atoms with Gasteiger partial charge in [-0.3, -0.25) is 5.84 Å². The van der Waals surface area contributed by atoms with Crippen LogP contribution in [-0.4, -0.2) is 14.2 Å². The number of nitrogens with two attached hydrogens (primary N) is 1. The minimum absolute atomic E-state index is 0.178. The first kappa shape index (κ1) is 15.6. The Morgan fingerprint density at radius 2 is 1.71 bits per heavy atom. The molecule has 0 aliphatic carbocycles. The maximum absolute atomic E-state index is 6.25. The lowest BCUT2D eigenvalue weighted by atomic mass is 9.98. The summed E-state index contributed by atoms with van der Waals surface area (Å²) in [6, 6.07) is 11.7. The van der Waals surface area contributed by atoms with Gasteiger partial charge >= 0.3 is 0 Å². The van der Waals surface area contributed by atoms with E-state index in [1.165, 1.54) is 5.56 Å². The standard InChI is InChI=1S/C16H19ClN2O2/c1-10-4-6-11(7-5-10)15(19-18)12-8-13(17)16(21-3)14(9-12)20-2/h4-9,15,19H,18H2,1-3H3. The number of ether oxygens (including phenoxy) is 2. The van der Waals surface area contributed by atoms with Crippen LogP contribution in [0.1, 0.15) is 22.7 Å². The van der Waals surface area contributed by atoms with Gasteiger partial charge in [-0.2, -0.15) is 0 Å². The summed E-state index contributed by atoms with van der Waals surface area (Å²) in [5.41, 5.74) is 5.96. The van der Waals surface area contributed by atoms with Gasteiger partial charge in [0.2, 0.25) is 0 Å². The molecule has 0 amide bonds. The molecule has 1 unspecified atom stereocenters. The molecular weight excluding hydrogens is 288 g/mol. The first-order chi connectivity index (χ1) is 10.1. The summed E-state index contributed by atoms with van der Waals surface area (Å²) in [7, 11) is 3.14. The predicted octanol–water partition coefficient (Wildman–Crippen LogP) is 3.22. The van der Waals surface area contributed by atoms with Crippen LogP contribution in [0.5, 0.6) is 11.5 Å². The monoisotopic (exact) mass is 306 g/mol. The Bertz CT molecular complexity index is 614. The summed E-state index contributed by atoms with van der Waals surface area (Å²) in [5.74, 6) is 6.81. The molecule has 21 heavy (non-hydrogen) atoms. The van der Waals surface area contributed by atoms with Gasteiger partial charge in [-0.25, -0.2) is 5.43 Å². The van der Waals surface area contributed by atoms with Crippen molar-refractivity contribution in [1.29, 1.82) is 0 Å². The van der Waals surface area contributed by atoms with E-state index in [1.54, 1.807) is 14.2 Å². The van der Waals surface area contributed by atoms with Crippen molar-refractivity contribution < 1.29 is 9.47 Å². The van der Waals surface area contributed by atoms with Gasteiger partial charge in [-0.15, -0.1) is 0 Å². The smallest absolute Gasteiger partial charge is 0.179 e. The molecular formula is C16H19ClN2O2. The van der Waals surface area contributed by atoms with Crippen molar-refractivity contribution in [3.63, 3.8) is 0 Å². The number of hydrazine groups is 1. The van der Waals surface area contributed by atoms with Crippen LogP contribution in [0.3, 0.4) is 0 Å². The van der Waals surface area contributed by atoms with Crippen molar-refractivity contribution in [2.75, 3.05) is 14.2 Å². The third-order valence-corrected chi connectivity index (χ3v) is 3.65. The minimum atomic E-state index is -0.178. The van der Waals surface area contributed by atoms with Crippen molar-refractivity contribution in [3.05, 3.63) is 58.1 Å². The van der Waals surface area contributed by atoms with Crippen LogP contribution in [0.4, 0.5) is 0 Å². The van der Waals surface area contributed by atoms with Crippen LogP contribution in [0, 0.1) is 6.92 Å². The zero-order valence-corrected chi connectivity index (χ0v) is 13.1. The van der Waals surface area contributed by atoms with Crippen molar-refractivity contribution >= 4 is 11.6 Å². The van der Waals surface area contributed by atoms with Gasteiger partial charge in [0, 0.05) is 0 Å². The third kappa shape index (κ3) is 3.29. The van der Waals surface area contributed by atoms with Crippen molar-refractivity contribution in [2.24, 2.45) is 5.84 Å². The molecule has 2 aromatic carbocycles. The average Bonchev–Trinajstić information content (AvgIpc) is 2.49. The molecule has 5 heteroatoms. The van der Waals surface area contributed by atoms with Gasteiger partial charge in [-0.05, 0) is 30.2 Å². The molecule has 0 saturated carbocycles. The van der Waals surface area contributed by atoms with E-state index in [0.29, 0.717) is 16.5 Å². The average molecular weight is 307 g/mol. The van der Waals surface area contributed by atoms with Crippen molar-refractivity contribution in [2.45, 2.75) is 13.0 Å². The zero-order valence-electron chi connectivity index (χ0n) is 12.3. The molecule has 0 aliphatic heterocycles. The van der Waals surface area contributed by atoms with E-state index < -0.39 is 0 Å². The van der Waals surface area contributed by atoms with Crippen LogP contribution < -0.4 is 20.7 Å². The molecule has 0 aliphatic rings. The minimum Gasteiger partial charge on any atom is -0.493 e. The number of nitrogens with one attached hydrogen (secondary N) is 1. The van der Waals surface area contributed by atoms with Crippen LogP contribution in [0.25, 0.3) is 0 Å². The maximum Gasteiger partial charge on any atom is 0.179 e. The largest absolute Gasteiger partial charge is 0.493 e. The molecule has 0 aromatic heterocycles. The van der Waals surface area contributed by atoms with Crippen LogP contribution in [-0.2, 0) is 0 Å². The second-order valence-corrected chi connectivity index (χ2v) is 5.16. The predicted molar refractivity (Wildman–Crippen MR) is 84.9 cm³/mol. The second-order valence-electron chi connectivity index (χ2n) is 4.75. The SMILES string of the molecule is COc1cc(C(NN)c2ccc(C)cc2)cc(Cl)c1OC. The first-order valence-corrected chi connectivity index (χ1v) is 6.92. The molecule has 3 N–H and O–H groups in total. The number of aryl methyl sites for hydroxylation is 1. The summed E-state index contributed by atoms with van der Waals surface area (Å²) in [4.78, 5) is 0. The molecule has 1 atom stereocenters. The Kier molecular flexibility index (Phi) is 5.07. The highest BCUT2D eigenvalue weighted by Gasteiger charge is 2.18. The number of rotatable bonds is 5. The second kappa shape index (κ2) is 6.80. The summed E-state index contributed by atoms with van der Waals surface area (Å²) in [5, 5.41) is 0.485. The van der Waals surface area contributed by atoms with Crippen LogP contribution >= 0.6 is 11.6 Å². The van der Waals surface area contributed by atoms with E-state index in [9.17, 15) is 0 Å². The highest BCUT2D eigenvalue weighted by atomic mass is 35.5. The fraction of sp³-hybridized carbons (Fsp3) is 0.250. The molecule has 0 heterocycles. The molecule has 112 valence electrons.